The van der Waals surface area contributed by atoms with Crippen molar-refractivity contribution in [2.75, 3.05) is 23.3 Å². The molecular formula is C16H17Cl2N3O. The van der Waals surface area contributed by atoms with E-state index < -0.39 is 0 Å². The summed E-state index contributed by atoms with van der Waals surface area (Å²) >= 11 is 11.9. The molecule has 0 aliphatic rings. The van der Waals surface area contributed by atoms with E-state index in [0.29, 0.717) is 21.4 Å². The summed E-state index contributed by atoms with van der Waals surface area (Å²) in [6, 6.07) is 8.55. The number of carbonyl (C=O) groups is 1. The second-order valence-electron chi connectivity index (χ2n) is 4.68. The van der Waals surface area contributed by atoms with Gasteiger partial charge >= 0.3 is 0 Å². The molecule has 116 valence electrons. The van der Waals surface area contributed by atoms with Gasteiger partial charge in [0.2, 0.25) is 0 Å². The number of pyridine rings is 1. The summed E-state index contributed by atoms with van der Waals surface area (Å²) in [4.78, 5) is 18.6. The zero-order chi connectivity index (χ0) is 16.1. The molecule has 2 rings (SSSR count). The van der Waals surface area contributed by atoms with Crippen LogP contribution in [0.2, 0.25) is 10.0 Å². The van der Waals surface area contributed by atoms with Crippen molar-refractivity contribution in [3.05, 3.63) is 52.3 Å². The van der Waals surface area contributed by atoms with Crippen LogP contribution in [0.3, 0.4) is 0 Å². The van der Waals surface area contributed by atoms with Crippen LogP contribution >= 0.6 is 23.2 Å². The third kappa shape index (κ3) is 4.12. The van der Waals surface area contributed by atoms with Gasteiger partial charge in [0.05, 0.1) is 0 Å². The third-order valence-electron chi connectivity index (χ3n) is 3.23. The Balaban J connectivity index is 2.20. The van der Waals surface area contributed by atoms with Crippen molar-refractivity contribution in [2.45, 2.75) is 13.8 Å². The zero-order valence-corrected chi connectivity index (χ0v) is 13.9. The van der Waals surface area contributed by atoms with Crippen LogP contribution in [0.5, 0.6) is 0 Å². The fourth-order valence-electron chi connectivity index (χ4n) is 2.15. The second kappa shape index (κ2) is 7.47. The molecule has 0 atom stereocenters. The Morgan fingerprint density at radius 1 is 1.14 bits per heavy atom. The maximum absolute atomic E-state index is 12.3. The maximum Gasteiger partial charge on any atom is 0.274 e. The first-order valence-corrected chi connectivity index (χ1v) is 7.77. The molecule has 1 aromatic carbocycles. The summed E-state index contributed by atoms with van der Waals surface area (Å²) in [5.74, 6) is -0.299. The monoisotopic (exact) mass is 337 g/mol. The zero-order valence-electron chi connectivity index (χ0n) is 12.4. The summed E-state index contributed by atoms with van der Waals surface area (Å²) in [7, 11) is 0. The number of anilines is 2. The van der Waals surface area contributed by atoms with Crippen molar-refractivity contribution in [2.24, 2.45) is 0 Å². The number of carbonyl (C=O) groups excluding carboxylic acids is 1. The average Bonchev–Trinajstić information content (AvgIpc) is 2.47. The van der Waals surface area contributed by atoms with Gasteiger partial charge in [-0.05, 0) is 44.2 Å². The molecule has 0 fully saturated rings. The number of hydrogen-bond acceptors (Lipinski definition) is 3. The van der Waals surface area contributed by atoms with E-state index in [-0.39, 0.29) is 5.91 Å². The molecule has 1 heterocycles. The number of halogens is 2. The highest BCUT2D eigenvalue weighted by molar-refractivity contribution is 6.35. The summed E-state index contributed by atoms with van der Waals surface area (Å²) in [5, 5.41) is 3.68. The van der Waals surface area contributed by atoms with Crippen molar-refractivity contribution in [1.82, 2.24) is 4.98 Å². The SMILES string of the molecule is CCN(CC)c1ccnc(C(=O)Nc2cc(Cl)cc(Cl)c2)c1. The van der Waals surface area contributed by atoms with Crippen molar-refractivity contribution in [1.29, 1.82) is 0 Å². The van der Waals surface area contributed by atoms with Crippen molar-refractivity contribution in [3.8, 4) is 0 Å². The Morgan fingerprint density at radius 3 is 2.36 bits per heavy atom. The van der Waals surface area contributed by atoms with Crippen LogP contribution in [-0.2, 0) is 0 Å². The molecule has 0 bridgehead atoms. The lowest BCUT2D eigenvalue weighted by Gasteiger charge is -2.21. The number of rotatable bonds is 5. The fraction of sp³-hybridized carbons (Fsp3) is 0.250. The lowest BCUT2D eigenvalue weighted by atomic mass is 10.2. The number of nitrogens with one attached hydrogen (secondary N) is 1. The van der Waals surface area contributed by atoms with Gasteiger partial charge in [0.1, 0.15) is 5.69 Å². The fourth-order valence-corrected chi connectivity index (χ4v) is 2.68. The van der Waals surface area contributed by atoms with Gasteiger partial charge in [-0.15, -0.1) is 0 Å². The summed E-state index contributed by atoms with van der Waals surface area (Å²) in [6.45, 7) is 5.87. The quantitative estimate of drug-likeness (QED) is 0.874. The molecule has 0 aliphatic heterocycles. The summed E-state index contributed by atoms with van der Waals surface area (Å²) in [5.41, 5.74) is 1.85. The van der Waals surface area contributed by atoms with E-state index in [2.05, 4.69) is 29.0 Å². The first-order valence-electron chi connectivity index (χ1n) is 7.02. The van der Waals surface area contributed by atoms with Gasteiger partial charge in [-0.3, -0.25) is 9.78 Å². The molecule has 0 unspecified atom stereocenters. The standard InChI is InChI=1S/C16H17Cl2N3O/c1-3-21(4-2)14-5-6-19-15(10-14)16(22)20-13-8-11(17)7-12(18)9-13/h5-10H,3-4H2,1-2H3,(H,20,22). The first-order chi connectivity index (χ1) is 10.5. The highest BCUT2D eigenvalue weighted by Crippen LogP contribution is 2.23. The van der Waals surface area contributed by atoms with E-state index in [0.717, 1.165) is 18.8 Å². The number of aromatic nitrogens is 1. The number of nitrogens with zero attached hydrogens (tertiary/aromatic N) is 2. The van der Waals surface area contributed by atoms with Crippen molar-refractivity contribution < 1.29 is 4.79 Å². The predicted octanol–water partition coefficient (Wildman–Crippen LogP) is 4.49. The van der Waals surface area contributed by atoms with Crippen LogP contribution in [0.1, 0.15) is 24.3 Å². The van der Waals surface area contributed by atoms with Gasteiger partial charge in [0.25, 0.3) is 5.91 Å². The van der Waals surface area contributed by atoms with E-state index in [9.17, 15) is 4.79 Å². The lowest BCUT2D eigenvalue weighted by molar-refractivity contribution is 0.102. The van der Waals surface area contributed by atoms with Crippen LogP contribution in [-0.4, -0.2) is 24.0 Å². The minimum atomic E-state index is -0.299. The third-order valence-corrected chi connectivity index (χ3v) is 3.66. The van der Waals surface area contributed by atoms with E-state index in [4.69, 9.17) is 23.2 Å². The van der Waals surface area contributed by atoms with Crippen LogP contribution < -0.4 is 10.2 Å². The molecule has 4 nitrogen and oxygen atoms in total. The highest BCUT2D eigenvalue weighted by Gasteiger charge is 2.11. The molecule has 0 saturated carbocycles. The number of benzene rings is 1. The predicted molar refractivity (Wildman–Crippen MR) is 92.2 cm³/mol. The smallest absolute Gasteiger partial charge is 0.274 e. The van der Waals surface area contributed by atoms with Crippen LogP contribution in [0.4, 0.5) is 11.4 Å². The Bertz CT molecular complexity index is 652. The Morgan fingerprint density at radius 2 is 1.77 bits per heavy atom. The van der Waals surface area contributed by atoms with E-state index in [1.165, 1.54) is 0 Å². The van der Waals surface area contributed by atoms with E-state index in [1.54, 1.807) is 30.5 Å². The molecule has 0 aliphatic carbocycles. The molecule has 0 radical (unpaired) electrons. The Kier molecular flexibility index (Phi) is 5.63. The molecule has 1 amide bonds. The Hall–Kier alpha value is -1.78. The molecular weight excluding hydrogens is 321 g/mol. The van der Waals surface area contributed by atoms with Gasteiger partial charge in [-0.1, -0.05) is 23.2 Å². The summed E-state index contributed by atoms with van der Waals surface area (Å²) in [6.07, 6.45) is 1.63. The van der Waals surface area contributed by atoms with E-state index in [1.807, 2.05) is 6.07 Å². The molecule has 1 N–H and O–H groups in total. The van der Waals surface area contributed by atoms with Crippen LogP contribution in [0.15, 0.2) is 36.5 Å². The normalized spacial score (nSPS) is 10.4. The van der Waals surface area contributed by atoms with Gasteiger partial charge in [-0.2, -0.15) is 0 Å². The van der Waals surface area contributed by atoms with Gasteiger partial charge in [0, 0.05) is 40.7 Å². The van der Waals surface area contributed by atoms with Crippen LogP contribution in [0, 0.1) is 0 Å². The maximum atomic E-state index is 12.3. The minimum Gasteiger partial charge on any atom is -0.372 e. The molecule has 0 spiro atoms. The number of hydrogen-bond donors (Lipinski definition) is 1. The van der Waals surface area contributed by atoms with Gasteiger partial charge in [-0.25, -0.2) is 0 Å². The van der Waals surface area contributed by atoms with Gasteiger partial charge < -0.3 is 10.2 Å². The van der Waals surface area contributed by atoms with Gasteiger partial charge in [0.15, 0.2) is 0 Å². The van der Waals surface area contributed by atoms with E-state index >= 15 is 0 Å². The first kappa shape index (κ1) is 16.6. The van der Waals surface area contributed by atoms with Crippen LogP contribution in [0.25, 0.3) is 0 Å². The van der Waals surface area contributed by atoms with Crippen molar-refractivity contribution in [3.63, 3.8) is 0 Å². The molecule has 0 saturated heterocycles. The Labute approximate surface area is 140 Å². The topological polar surface area (TPSA) is 45.2 Å². The minimum absolute atomic E-state index is 0.299. The highest BCUT2D eigenvalue weighted by atomic mass is 35.5. The molecule has 2 aromatic rings. The average molecular weight is 338 g/mol. The lowest BCUT2D eigenvalue weighted by Crippen LogP contribution is -2.23. The number of amides is 1. The molecule has 22 heavy (non-hydrogen) atoms. The molecule has 1 aromatic heterocycles. The second-order valence-corrected chi connectivity index (χ2v) is 5.56. The largest absolute Gasteiger partial charge is 0.372 e. The molecule has 6 heteroatoms. The van der Waals surface area contributed by atoms with Crippen molar-refractivity contribution >= 4 is 40.5 Å². The summed E-state index contributed by atoms with van der Waals surface area (Å²) < 4.78 is 0.